The molecule has 0 aromatic rings. The molecule has 3 fully saturated rings. The molecule has 2 atom stereocenters. The smallest absolute Gasteiger partial charge is 0.410 e. The molecule has 1 amide bonds. The maximum atomic E-state index is 11.9. The largest absolute Gasteiger partial charge is 0.444 e. The normalized spacial score (nSPS) is 40.6. The molecule has 2 aliphatic heterocycles. The Kier molecular flexibility index (Phi) is 1.77. The zero-order chi connectivity index (χ0) is 11.6. The van der Waals surface area contributed by atoms with Crippen molar-refractivity contribution in [3.05, 3.63) is 0 Å². The van der Waals surface area contributed by atoms with Gasteiger partial charge >= 0.3 is 6.09 Å². The van der Waals surface area contributed by atoms with Crippen LogP contribution >= 0.6 is 0 Å². The molecule has 4 nitrogen and oxygen atoms in total. The fraction of sp³-hybridized carbons (Fsp3) is 0.917. The first-order chi connectivity index (χ1) is 7.36. The van der Waals surface area contributed by atoms with Gasteiger partial charge < -0.3 is 15.0 Å². The van der Waals surface area contributed by atoms with Crippen molar-refractivity contribution >= 4 is 6.09 Å². The Morgan fingerprint density at radius 2 is 1.81 bits per heavy atom. The van der Waals surface area contributed by atoms with Gasteiger partial charge in [0, 0.05) is 37.0 Å². The van der Waals surface area contributed by atoms with Gasteiger partial charge in [-0.3, -0.25) is 0 Å². The summed E-state index contributed by atoms with van der Waals surface area (Å²) in [6.07, 6.45) is 1.16. The molecule has 0 aromatic carbocycles. The highest BCUT2D eigenvalue weighted by Gasteiger charge is 2.74. The minimum absolute atomic E-state index is 0.139. The molecule has 3 rings (SSSR count). The van der Waals surface area contributed by atoms with E-state index in [9.17, 15) is 4.79 Å². The highest BCUT2D eigenvalue weighted by Crippen LogP contribution is 2.70. The van der Waals surface area contributed by atoms with Crippen molar-refractivity contribution in [3.8, 4) is 0 Å². The number of hydrogen-bond donors (Lipinski definition) is 1. The standard InChI is InChI=1S/C12H20N2O2/c1-10(2,3)16-9(15)14-7-11-4-12(11,8-14)6-13-5-11/h13H,4-8H2,1-3H3. The maximum Gasteiger partial charge on any atom is 0.410 e. The first kappa shape index (κ1) is 10.4. The van der Waals surface area contributed by atoms with Crippen molar-refractivity contribution < 1.29 is 9.53 Å². The first-order valence-corrected chi connectivity index (χ1v) is 6.05. The molecule has 2 saturated heterocycles. The van der Waals surface area contributed by atoms with Crippen LogP contribution in [0.1, 0.15) is 27.2 Å². The second kappa shape index (κ2) is 2.73. The van der Waals surface area contributed by atoms with Crippen LogP contribution in [0.2, 0.25) is 0 Å². The van der Waals surface area contributed by atoms with E-state index in [4.69, 9.17) is 4.74 Å². The number of rotatable bonds is 0. The molecule has 1 saturated carbocycles. The van der Waals surface area contributed by atoms with Crippen LogP contribution in [-0.2, 0) is 4.74 Å². The minimum Gasteiger partial charge on any atom is -0.444 e. The Bertz CT molecular complexity index is 323. The van der Waals surface area contributed by atoms with Crippen molar-refractivity contribution in [2.24, 2.45) is 10.8 Å². The molecule has 90 valence electrons. The average Bonchev–Trinajstić information content (AvgIpc) is 2.41. The summed E-state index contributed by atoms with van der Waals surface area (Å²) in [6.45, 7) is 9.67. The summed E-state index contributed by atoms with van der Waals surface area (Å²) in [5.41, 5.74) is 0.403. The highest BCUT2D eigenvalue weighted by atomic mass is 16.6. The van der Waals surface area contributed by atoms with Crippen molar-refractivity contribution in [1.82, 2.24) is 10.2 Å². The molecule has 0 spiro atoms. The summed E-state index contributed by atoms with van der Waals surface area (Å²) in [7, 11) is 0. The number of ether oxygens (including phenoxy) is 1. The van der Waals surface area contributed by atoms with E-state index in [1.165, 1.54) is 6.42 Å². The number of carbonyl (C=O) groups excluding carboxylic acids is 1. The van der Waals surface area contributed by atoms with E-state index in [2.05, 4.69) is 5.32 Å². The molecule has 0 bridgehead atoms. The first-order valence-electron chi connectivity index (χ1n) is 6.05. The van der Waals surface area contributed by atoms with E-state index < -0.39 is 0 Å². The van der Waals surface area contributed by atoms with Crippen molar-refractivity contribution in [3.63, 3.8) is 0 Å². The van der Waals surface area contributed by atoms with Gasteiger partial charge in [0.25, 0.3) is 0 Å². The summed E-state index contributed by atoms with van der Waals surface area (Å²) in [5, 5.41) is 3.43. The van der Waals surface area contributed by atoms with Crippen LogP contribution in [0, 0.1) is 10.8 Å². The molecule has 0 aromatic heterocycles. The number of carbonyl (C=O) groups is 1. The molecule has 0 radical (unpaired) electrons. The molecule has 4 heteroatoms. The Balaban J connectivity index is 1.66. The summed E-state index contributed by atoms with van der Waals surface area (Å²) in [5.74, 6) is 0. The summed E-state index contributed by atoms with van der Waals surface area (Å²) < 4.78 is 5.42. The lowest BCUT2D eigenvalue weighted by atomic mass is 10.0. The molecule has 3 aliphatic rings. The topological polar surface area (TPSA) is 41.6 Å². The van der Waals surface area contributed by atoms with Crippen molar-refractivity contribution in [2.45, 2.75) is 32.8 Å². The lowest BCUT2D eigenvalue weighted by Gasteiger charge is -2.27. The van der Waals surface area contributed by atoms with Gasteiger partial charge in [-0.05, 0) is 27.2 Å². The van der Waals surface area contributed by atoms with Crippen LogP contribution in [0.4, 0.5) is 4.79 Å². The lowest BCUT2D eigenvalue weighted by Crippen LogP contribution is -2.40. The van der Waals surface area contributed by atoms with Gasteiger partial charge in [0.2, 0.25) is 0 Å². The van der Waals surface area contributed by atoms with Crippen LogP contribution in [0.15, 0.2) is 0 Å². The van der Waals surface area contributed by atoms with Crippen LogP contribution < -0.4 is 5.32 Å². The fourth-order valence-corrected chi connectivity index (χ4v) is 3.45. The Morgan fingerprint density at radius 3 is 2.31 bits per heavy atom. The van der Waals surface area contributed by atoms with E-state index in [0.717, 1.165) is 26.2 Å². The zero-order valence-electron chi connectivity index (χ0n) is 10.3. The quantitative estimate of drug-likeness (QED) is 0.672. The molecular weight excluding hydrogens is 204 g/mol. The van der Waals surface area contributed by atoms with E-state index in [0.29, 0.717) is 10.8 Å². The number of hydrogen-bond acceptors (Lipinski definition) is 3. The second-order valence-corrected chi connectivity index (χ2v) is 6.68. The number of amides is 1. The zero-order valence-corrected chi connectivity index (χ0v) is 10.3. The molecule has 16 heavy (non-hydrogen) atoms. The Labute approximate surface area is 96.3 Å². The third-order valence-electron chi connectivity index (χ3n) is 4.24. The maximum absolute atomic E-state index is 11.9. The minimum atomic E-state index is -0.382. The molecule has 2 heterocycles. The number of nitrogens with one attached hydrogen (secondary N) is 1. The third-order valence-corrected chi connectivity index (χ3v) is 4.24. The highest BCUT2D eigenvalue weighted by molar-refractivity contribution is 5.69. The van der Waals surface area contributed by atoms with Gasteiger partial charge in [0.05, 0.1) is 0 Å². The summed E-state index contributed by atoms with van der Waals surface area (Å²) in [4.78, 5) is 13.8. The summed E-state index contributed by atoms with van der Waals surface area (Å²) in [6, 6.07) is 0. The Hall–Kier alpha value is -0.770. The van der Waals surface area contributed by atoms with Gasteiger partial charge in [0.15, 0.2) is 0 Å². The second-order valence-electron chi connectivity index (χ2n) is 6.68. The third kappa shape index (κ3) is 1.29. The number of nitrogens with zero attached hydrogens (tertiary/aromatic N) is 1. The fourth-order valence-electron chi connectivity index (χ4n) is 3.45. The van der Waals surface area contributed by atoms with Crippen molar-refractivity contribution in [1.29, 1.82) is 0 Å². The molecule has 2 unspecified atom stereocenters. The van der Waals surface area contributed by atoms with Crippen LogP contribution in [-0.4, -0.2) is 42.8 Å². The van der Waals surface area contributed by atoms with Crippen LogP contribution in [0.3, 0.4) is 0 Å². The van der Waals surface area contributed by atoms with E-state index >= 15 is 0 Å². The molecule has 1 N–H and O–H groups in total. The lowest BCUT2D eigenvalue weighted by molar-refractivity contribution is 0.0247. The number of piperidine rings is 2. The predicted molar refractivity (Wildman–Crippen MR) is 60.2 cm³/mol. The molecule has 1 aliphatic carbocycles. The predicted octanol–water partition coefficient (Wildman–Crippen LogP) is 1.22. The summed E-state index contributed by atoms with van der Waals surface area (Å²) >= 11 is 0. The van der Waals surface area contributed by atoms with Gasteiger partial charge in [-0.25, -0.2) is 4.79 Å². The van der Waals surface area contributed by atoms with E-state index in [1.807, 2.05) is 25.7 Å². The van der Waals surface area contributed by atoms with E-state index in [1.54, 1.807) is 0 Å². The number of likely N-dealkylation sites (tertiary alicyclic amines) is 1. The monoisotopic (exact) mass is 224 g/mol. The van der Waals surface area contributed by atoms with Gasteiger partial charge in [0.1, 0.15) is 5.60 Å². The van der Waals surface area contributed by atoms with Gasteiger partial charge in [-0.1, -0.05) is 0 Å². The van der Waals surface area contributed by atoms with Crippen LogP contribution in [0.5, 0.6) is 0 Å². The SMILES string of the molecule is CC(C)(C)OC(=O)N1CC23CNCC2(C1)C3. The van der Waals surface area contributed by atoms with Gasteiger partial charge in [-0.2, -0.15) is 0 Å². The van der Waals surface area contributed by atoms with Gasteiger partial charge in [-0.15, -0.1) is 0 Å². The average molecular weight is 224 g/mol. The van der Waals surface area contributed by atoms with Crippen molar-refractivity contribution in [2.75, 3.05) is 26.2 Å². The molecular formula is C12H20N2O2. The van der Waals surface area contributed by atoms with E-state index in [-0.39, 0.29) is 11.7 Å². The van der Waals surface area contributed by atoms with Crippen LogP contribution in [0.25, 0.3) is 0 Å². The Morgan fingerprint density at radius 1 is 1.25 bits per heavy atom.